The van der Waals surface area contributed by atoms with Crippen molar-refractivity contribution in [3.8, 4) is 0 Å². The van der Waals surface area contributed by atoms with E-state index in [1.165, 1.54) is 5.69 Å². The lowest BCUT2D eigenvalue weighted by Crippen LogP contribution is -2.35. The second-order valence-electron chi connectivity index (χ2n) is 4.92. The number of carbonyl (C=O) groups is 1. The van der Waals surface area contributed by atoms with E-state index in [4.69, 9.17) is 0 Å². The van der Waals surface area contributed by atoms with Crippen molar-refractivity contribution >= 4 is 5.91 Å². The SMILES string of the molecule is CN(C)CC=CC(=O)N1CCc2c(ncn2C)C1. The van der Waals surface area contributed by atoms with Crippen molar-refractivity contribution in [1.29, 1.82) is 0 Å². The molecule has 1 aromatic heterocycles. The van der Waals surface area contributed by atoms with Crippen LogP contribution in [0.4, 0.5) is 0 Å². The third-order valence-corrected chi connectivity index (χ3v) is 3.15. The van der Waals surface area contributed by atoms with Crippen LogP contribution in [-0.4, -0.2) is 52.4 Å². The van der Waals surface area contributed by atoms with Crippen LogP contribution >= 0.6 is 0 Å². The number of fused-ring (bicyclic) bond motifs is 1. The molecule has 5 heteroatoms. The van der Waals surface area contributed by atoms with Gasteiger partial charge in [0.25, 0.3) is 0 Å². The Hall–Kier alpha value is -1.62. The normalized spacial score (nSPS) is 15.4. The first kappa shape index (κ1) is 12.8. The summed E-state index contributed by atoms with van der Waals surface area (Å²) >= 11 is 0. The van der Waals surface area contributed by atoms with Crippen LogP contribution in [-0.2, 0) is 24.8 Å². The molecule has 5 nitrogen and oxygen atoms in total. The zero-order chi connectivity index (χ0) is 13.1. The van der Waals surface area contributed by atoms with Gasteiger partial charge in [0.1, 0.15) is 0 Å². The Bertz CT molecular complexity index is 462. The molecular weight excluding hydrogens is 228 g/mol. The molecule has 0 saturated carbocycles. The van der Waals surface area contributed by atoms with E-state index in [9.17, 15) is 4.79 Å². The Morgan fingerprint density at radius 1 is 1.56 bits per heavy atom. The van der Waals surface area contributed by atoms with Gasteiger partial charge in [0, 0.05) is 38.3 Å². The first-order valence-electron chi connectivity index (χ1n) is 6.17. The Balaban J connectivity index is 1.96. The largest absolute Gasteiger partial charge is 0.337 e. The van der Waals surface area contributed by atoms with E-state index in [2.05, 4.69) is 4.98 Å². The number of hydrogen-bond acceptors (Lipinski definition) is 3. The highest BCUT2D eigenvalue weighted by Crippen LogP contribution is 2.16. The number of nitrogens with zero attached hydrogens (tertiary/aromatic N) is 4. The van der Waals surface area contributed by atoms with Crippen LogP contribution in [0.25, 0.3) is 0 Å². The molecule has 0 aliphatic carbocycles. The predicted molar refractivity (Wildman–Crippen MR) is 70.0 cm³/mol. The fourth-order valence-corrected chi connectivity index (χ4v) is 2.12. The smallest absolute Gasteiger partial charge is 0.246 e. The molecule has 98 valence electrons. The number of rotatable bonds is 3. The van der Waals surface area contributed by atoms with Crippen molar-refractivity contribution < 1.29 is 4.79 Å². The van der Waals surface area contributed by atoms with Gasteiger partial charge in [-0.1, -0.05) is 6.08 Å². The number of hydrogen-bond donors (Lipinski definition) is 0. The lowest BCUT2D eigenvalue weighted by atomic mass is 10.1. The first-order chi connectivity index (χ1) is 8.58. The van der Waals surface area contributed by atoms with Crippen LogP contribution in [0.5, 0.6) is 0 Å². The maximum absolute atomic E-state index is 12.0. The quantitative estimate of drug-likeness (QED) is 0.728. The lowest BCUT2D eigenvalue weighted by Gasteiger charge is -2.25. The summed E-state index contributed by atoms with van der Waals surface area (Å²) < 4.78 is 2.04. The molecule has 1 amide bonds. The number of carbonyl (C=O) groups excluding carboxylic acids is 1. The Labute approximate surface area is 108 Å². The molecule has 2 heterocycles. The van der Waals surface area contributed by atoms with Crippen molar-refractivity contribution in [1.82, 2.24) is 19.4 Å². The molecule has 2 rings (SSSR count). The summed E-state index contributed by atoms with van der Waals surface area (Å²) in [5.41, 5.74) is 2.27. The van der Waals surface area contributed by atoms with E-state index in [-0.39, 0.29) is 5.91 Å². The van der Waals surface area contributed by atoms with Gasteiger partial charge >= 0.3 is 0 Å². The number of imidazole rings is 1. The summed E-state index contributed by atoms with van der Waals surface area (Å²) in [7, 11) is 5.96. The van der Waals surface area contributed by atoms with Crippen molar-refractivity contribution in [2.24, 2.45) is 7.05 Å². The third kappa shape index (κ3) is 2.79. The van der Waals surface area contributed by atoms with E-state index in [0.717, 1.165) is 25.2 Å². The molecule has 0 saturated heterocycles. The van der Waals surface area contributed by atoms with Crippen molar-refractivity contribution in [2.45, 2.75) is 13.0 Å². The van der Waals surface area contributed by atoms with Crippen molar-refractivity contribution in [3.05, 3.63) is 29.9 Å². The highest BCUT2D eigenvalue weighted by atomic mass is 16.2. The van der Waals surface area contributed by atoms with E-state index in [0.29, 0.717) is 6.54 Å². The van der Waals surface area contributed by atoms with Gasteiger partial charge in [-0.2, -0.15) is 0 Å². The predicted octanol–water partition coefficient (Wildman–Crippen LogP) is 0.423. The summed E-state index contributed by atoms with van der Waals surface area (Å²) in [6.07, 6.45) is 6.27. The first-order valence-corrected chi connectivity index (χ1v) is 6.17. The average Bonchev–Trinajstić information content (AvgIpc) is 2.70. The summed E-state index contributed by atoms with van der Waals surface area (Å²) in [6.45, 7) is 2.19. The molecule has 1 aliphatic heterocycles. The average molecular weight is 248 g/mol. The topological polar surface area (TPSA) is 41.4 Å². The molecule has 0 spiro atoms. The Kier molecular flexibility index (Phi) is 3.81. The summed E-state index contributed by atoms with van der Waals surface area (Å²) in [4.78, 5) is 20.2. The minimum Gasteiger partial charge on any atom is -0.337 e. The van der Waals surface area contributed by atoms with E-state index in [1.807, 2.05) is 47.9 Å². The number of amides is 1. The van der Waals surface area contributed by atoms with Gasteiger partial charge in [0.15, 0.2) is 0 Å². The van der Waals surface area contributed by atoms with E-state index >= 15 is 0 Å². The molecular formula is C13H20N4O. The molecule has 0 atom stereocenters. The molecule has 0 unspecified atom stereocenters. The number of aromatic nitrogens is 2. The monoisotopic (exact) mass is 248 g/mol. The van der Waals surface area contributed by atoms with Crippen LogP contribution < -0.4 is 0 Å². The molecule has 1 aromatic rings. The zero-order valence-corrected chi connectivity index (χ0v) is 11.3. The van der Waals surface area contributed by atoms with Gasteiger partial charge in [-0.25, -0.2) is 4.98 Å². The highest BCUT2D eigenvalue weighted by Gasteiger charge is 2.21. The maximum Gasteiger partial charge on any atom is 0.246 e. The van der Waals surface area contributed by atoms with Gasteiger partial charge in [-0.3, -0.25) is 4.79 Å². The molecule has 0 aromatic carbocycles. The summed E-state index contributed by atoms with van der Waals surface area (Å²) in [6, 6.07) is 0. The Morgan fingerprint density at radius 2 is 2.33 bits per heavy atom. The number of aryl methyl sites for hydroxylation is 1. The fourth-order valence-electron chi connectivity index (χ4n) is 2.12. The van der Waals surface area contributed by atoms with E-state index < -0.39 is 0 Å². The van der Waals surface area contributed by atoms with Crippen molar-refractivity contribution in [2.75, 3.05) is 27.2 Å². The molecule has 0 bridgehead atoms. The van der Waals surface area contributed by atoms with Gasteiger partial charge in [0.05, 0.1) is 18.6 Å². The molecule has 18 heavy (non-hydrogen) atoms. The van der Waals surface area contributed by atoms with Crippen LogP contribution in [0.2, 0.25) is 0 Å². The van der Waals surface area contributed by atoms with Gasteiger partial charge < -0.3 is 14.4 Å². The number of likely N-dealkylation sites (N-methyl/N-ethyl adjacent to an activating group) is 1. The minimum atomic E-state index is 0.0770. The van der Waals surface area contributed by atoms with Crippen LogP contribution in [0.15, 0.2) is 18.5 Å². The zero-order valence-electron chi connectivity index (χ0n) is 11.3. The molecule has 0 fully saturated rings. The third-order valence-electron chi connectivity index (χ3n) is 3.15. The van der Waals surface area contributed by atoms with Gasteiger partial charge in [0.2, 0.25) is 5.91 Å². The molecule has 0 radical (unpaired) electrons. The van der Waals surface area contributed by atoms with Crippen molar-refractivity contribution in [3.63, 3.8) is 0 Å². The maximum atomic E-state index is 12.0. The van der Waals surface area contributed by atoms with E-state index in [1.54, 1.807) is 6.08 Å². The second kappa shape index (κ2) is 5.35. The van der Waals surface area contributed by atoms with Crippen LogP contribution in [0.3, 0.4) is 0 Å². The standard InChI is InChI=1S/C13H20N4O/c1-15(2)7-4-5-13(18)17-8-6-12-11(9-17)14-10-16(12)3/h4-5,10H,6-9H2,1-3H3. The highest BCUT2D eigenvalue weighted by molar-refractivity contribution is 5.87. The second-order valence-corrected chi connectivity index (χ2v) is 4.92. The molecule has 1 aliphatic rings. The minimum absolute atomic E-state index is 0.0770. The fraction of sp³-hybridized carbons (Fsp3) is 0.538. The van der Waals surface area contributed by atoms with Gasteiger partial charge in [-0.05, 0) is 14.1 Å². The summed E-state index contributed by atoms with van der Waals surface area (Å²) in [5, 5.41) is 0. The summed E-state index contributed by atoms with van der Waals surface area (Å²) in [5.74, 6) is 0.0770. The lowest BCUT2D eigenvalue weighted by molar-refractivity contribution is -0.127. The van der Waals surface area contributed by atoms with Gasteiger partial charge in [-0.15, -0.1) is 0 Å². The van der Waals surface area contributed by atoms with Crippen LogP contribution in [0, 0.1) is 0 Å². The van der Waals surface area contributed by atoms with Crippen LogP contribution in [0.1, 0.15) is 11.4 Å². The Morgan fingerprint density at radius 3 is 3.06 bits per heavy atom. The molecule has 0 N–H and O–H groups in total.